The van der Waals surface area contributed by atoms with Gasteiger partial charge < -0.3 is 0 Å². The van der Waals surface area contributed by atoms with Gasteiger partial charge in [0, 0.05) is 0 Å². The normalized spacial score (nSPS) is 13.6. The molecule has 108 valence electrons. The van der Waals surface area contributed by atoms with Crippen molar-refractivity contribution < 1.29 is 34.8 Å². The molecule has 0 aliphatic heterocycles. The molecule has 10 heteroatoms. The third kappa shape index (κ3) is 4.71. The minimum absolute atomic E-state index is 0.0906. The van der Waals surface area contributed by atoms with E-state index in [2.05, 4.69) is 5.14 Å². The van der Waals surface area contributed by atoms with Gasteiger partial charge in [-0.3, -0.25) is 0 Å². The van der Waals surface area contributed by atoms with Gasteiger partial charge in [-0.15, -0.1) is 0 Å². The van der Waals surface area contributed by atoms with Crippen molar-refractivity contribution in [3.05, 3.63) is 34.9 Å². The van der Waals surface area contributed by atoms with Gasteiger partial charge >= 0.3 is 12.4 Å². The first-order valence-corrected chi connectivity index (χ1v) is 6.29. The number of rotatable bonds is 2. The second-order valence-electron chi connectivity index (χ2n) is 3.72. The molecule has 0 aliphatic carbocycles. The lowest BCUT2D eigenvalue weighted by molar-refractivity contribution is -0.143. The zero-order valence-corrected chi connectivity index (χ0v) is 9.83. The summed E-state index contributed by atoms with van der Waals surface area (Å²) in [5, 5.41) is 4.60. The SMILES string of the molecule is NS(=O)(=O)Cc1cc(C(F)(F)F)cc(C(F)(F)F)c1. The molecule has 0 unspecified atom stereocenters. The van der Waals surface area contributed by atoms with Gasteiger partial charge in [0.15, 0.2) is 0 Å². The number of sulfonamides is 1. The molecule has 1 rings (SSSR count). The van der Waals surface area contributed by atoms with Crippen LogP contribution >= 0.6 is 0 Å². The number of halogens is 6. The first kappa shape index (κ1) is 15.8. The molecule has 3 nitrogen and oxygen atoms in total. The summed E-state index contributed by atoms with van der Waals surface area (Å²) in [6, 6.07) is 0.548. The van der Waals surface area contributed by atoms with Gasteiger partial charge in [0.1, 0.15) is 0 Å². The molecule has 0 spiro atoms. The highest BCUT2D eigenvalue weighted by molar-refractivity contribution is 7.88. The van der Waals surface area contributed by atoms with Crippen molar-refractivity contribution in [1.82, 2.24) is 0 Å². The largest absolute Gasteiger partial charge is 0.416 e. The Bertz CT molecular complexity index is 543. The fourth-order valence-corrected chi connectivity index (χ4v) is 1.97. The van der Waals surface area contributed by atoms with E-state index in [1.165, 1.54) is 0 Å². The zero-order chi connectivity index (χ0) is 15.1. The van der Waals surface area contributed by atoms with Gasteiger partial charge in [-0.25, -0.2) is 13.6 Å². The Labute approximate surface area is 104 Å². The lowest BCUT2D eigenvalue weighted by atomic mass is 10.1. The maximum Gasteiger partial charge on any atom is 0.416 e. The van der Waals surface area contributed by atoms with E-state index < -0.39 is 44.8 Å². The molecule has 0 saturated carbocycles. The first-order valence-electron chi connectivity index (χ1n) is 4.58. The number of hydrogen-bond acceptors (Lipinski definition) is 2. The van der Waals surface area contributed by atoms with Crippen LogP contribution < -0.4 is 5.14 Å². The molecule has 0 aliphatic rings. The predicted molar refractivity (Wildman–Crippen MR) is 53.3 cm³/mol. The van der Waals surface area contributed by atoms with Gasteiger partial charge in [-0.1, -0.05) is 0 Å². The van der Waals surface area contributed by atoms with Crippen molar-refractivity contribution in [3.8, 4) is 0 Å². The average molecular weight is 307 g/mol. The third-order valence-corrected chi connectivity index (χ3v) is 2.75. The van der Waals surface area contributed by atoms with E-state index in [1.54, 1.807) is 0 Å². The second-order valence-corrected chi connectivity index (χ2v) is 5.34. The van der Waals surface area contributed by atoms with Crippen molar-refractivity contribution in [2.24, 2.45) is 5.14 Å². The zero-order valence-electron chi connectivity index (χ0n) is 9.01. The molecular formula is C9H7F6NO2S. The van der Waals surface area contributed by atoms with E-state index in [9.17, 15) is 34.8 Å². The predicted octanol–water partition coefficient (Wildman–Crippen LogP) is 2.51. The van der Waals surface area contributed by atoms with Crippen LogP contribution in [-0.4, -0.2) is 8.42 Å². The molecule has 0 aromatic heterocycles. The average Bonchev–Trinajstić information content (AvgIpc) is 2.11. The van der Waals surface area contributed by atoms with E-state index in [4.69, 9.17) is 0 Å². The molecule has 1 aromatic carbocycles. The number of benzene rings is 1. The van der Waals surface area contributed by atoms with Crippen LogP contribution in [0.4, 0.5) is 26.3 Å². The topological polar surface area (TPSA) is 60.2 Å². The van der Waals surface area contributed by atoms with Crippen LogP contribution in [0.1, 0.15) is 16.7 Å². The van der Waals surface area contributed by atoms with Crippen LogP contribution in [0.25, 0.3) is 0 Å². The molecule has 0 atom stereocenters. The molecule has 0 amide bonds. The fraction of sp³-hybridized carbons (Fsp3) is 0.333. The van der Waals surface area contributed by atoms with Crippen molar-refractivity contribution >= 4 is 10.0 Å². The Balaban J connectivity index is 3.41. The summed E-state index contributed by atoms with van der Waals surface area (Å²) in [4.78, 5) is 0. The number of primary sulfonamides is 1. The minimum Gasteiger partial charge on any atom is -0.228 e. The van der Waals surface area contributed by atoms with Gasteiger partial charge in [0.2, 0.25) is 10.0 Å². The molecule has 0 saturated heterocycles. The Hall–Kier alpha value is -1.29. The van der Waals surface area contributed by atoms with Gasteiger partial charge in [-0.05, 0) is 23.8 Å². The molecule has 1 aromatic rings. The Morgan fingerprint density at radius 1 is 0.895 bits per heavy atom. The fourth-order valence-electron chi connectivity index (χ4n) is 1.33. The van der Waals surface area contributed by atoms with Crippen LogP contribution in [0.3, 0.4) is 0 Å². The van der Waals surface area contributed by atoms with Crippen molar-refractivity contribution in [3.63, 3.8) is 0 Å². The maximum absolute atomic E-state index is 12.4. The van der Waals surface area contributed by atoms with Crippen LogP contribution in [0.2, 0.25) is 0 Å². The first-order chi connectivity index (χ1) is 8.29. The third-order valence-electron chi connectivity index (χ3n) is 2.02. The van der Waals surface area contributed by atoms with Crippen molar-refractivity contribution in [2.75, 3.05) is 0 Å². The molecular weight excluding hydrogens is 300 g/mol. The maximum atomic E-state index is 12.4. The lowest BCUT2D eigenvalue weighted by Gasteiger charge is -2.13. The van der Waals surface area contributed by atoms with Gasteiger partial charge in [0.05, 0.1) is 16.9 Å². The highest BCUT2D eigenvalue weighted by Crippen LogP contribution is 2.36. The Morgan fingerprint density at radius 3 is 1.53 bits per heavy atom. The van der Waals surface area contributed by atoms with Crippen molar-refractivity contribution in [2.45, 2.75) is 18.1 Å². The Kier molecular flexibility index (Phi) is 3.88. The number of hydrogen-bond donors (Lipinski definition) is 1. The lowest BCUT2D eigenvalue weighted by Crippen LogP contribution is -2.17. The standard InChI is InChI=1S/C9H7F6NO2S/c10-8(11,12)6-1-5(4-19(16,17)18)2-7(3-6)9(13,14)15/h1-3H,4H2,(H2,16,17,18). The van der Waals surface area contributed by atoms with Crippen LogP contribution in [0, 0.1) is 0 Å². The smallest absolute Gasteiger partial charge is 0.228 e. The van der Waals surface area contributed by atoms with E-state index in [1.807, 2.05) is 0 Å². The van der Waals surface area contributed by atoms with Crippen molar-refractivity contribution in [1.29, 1.82) is 0 Å². The summed E-state index contributed by atoms with van der Waals surface area (Å²) in [5.41, 5.74) is -3.84. The summed E-state index contributed by atoms with van der Waals surface area (Å²) in [7, 11) is -4.24. The van der Waals surface area contributed by atoms with Crippen LogP contribution in [0.5, 0.6) is 0 Å². The van der Waals surface area contributed by atoms with Crippen LogP contribution in [0.15, 0.2) is 18.2 Å². The number of alkyl halides is 6. The minimum atomic E-state index is -5.02. The molecule has 0 radical (unpaired) electrons. The molecule has 2 N–H and O–H groups in total. The summed E-state index contributed by atoms with van der Waals surface area (Å²) < 4.78 is 96.0. The summed E-state index contributed by atoms with van der Waals surface area (Å²) in [5.74, 6) is -1.11. The van der Waals surface area contributed by atoms with Crippen LogP contribution in [-0.2, 0) is 28.1 Å². The van der Waals surface area contributed by atoms with Gasteiger partial charge in [0.25, 0.3) is 0 Å². The van der Waals surface area contributed by atoms with E-state index in [0.717, 1.165) is 0 Å². The second kappa shape index (κ2) is 4.67. The summed E-state index contributed by atoms with van der Waals surface area (Å²) >= 11 is 0. The molecule has 19 heavy (non-hydrogen) atoms. The van der Waals surface area contributed by atoms with E-state index in [0.29, 0.717) is 12.1 Å². The monoisotopic (exact) mass is 307 g/mol. The quantitative estimate of drug-likeness (QED) is 0.853. The summed E-state index contributed by atoms with van der Waals surface area (Å²) in [6.07, 6.45) is -10.0. The van der Waals surface area contributed by atoms with E-state index in [-0.39, 0.29) is 6.07 Å². The molecule has 0 fully saturated rings. The molecule has 0 heterocycles. The highest BCUT2D eigenvalue weighted by atomic mass is 32.2. The van der Waals surface area contributed by atoms with E-state index >= 15 is 0 Å². The molecule has 0 bridgehead atoms. The number of nitrogens with two attached hydrogens (primary N) is 1. The Morgan fingerprint density at radius 2 is 1.26 bits per heavy atom. The summed E-state index contributed by atoms with van der Waals surface area (Å²) in [6.45, 7) is 0. The highest BCUT2D eigenvalue weighted by Gasteiger charge is 2.37. The van der Waals surface area contributed by atoms with Gasteiger partial charge in [-0.2, -0.15) is 26.3 Å².